The third-order valence-electron chi connectivity index (χ3n) is 3.45. The van der Waals surface area contributed by atoms with Crippen molar-refractivity contribution < 1.29 is 13.0 Å². The molecule has 0 fully saturated rings. The Kier molecular flexibility index (Phi) is 3.47. The van der Waals surface area contributed by atoms with Crippen molar-refractivity contribution >= 4 is 20.6 Å². The molecule has 1 heterocycles. The monoisotopic (exact) mass is 298 g/mol. The van der Waals surface area contributed by atoms with Crippen LogP contribution >= 0.6 is 0 Å². The van der Waals surface area contributed by atoms with Crippen LogP contribution in [0.25, 0.3) is 10.8 Å². The van der Waals surface area contributed by atoms with Gasteiger partial charge in [0.25, 0.3) is 5.88 Å². The van der Waals surface area contributed by atoms with Crippen LogP contribution in [0.1, 0.15) is 5.56 Å². The molecule has 1 aromatic heterocycles. The largest absolute Gasteiger partial charge is 0.252 e. The Morgan fingerprint density at radius 2 is 1.57 bits per heavy atom. The van der Waals surface area contributed by atoms with Crippen LogP contribution in [-0.4, -0.2) is 8.42 Å². The summed E-state index contributed by atoms with van der Waals surface area (Å²) in [5, 5.41) is 2.13. The van der Waals surface area contributed by atoms with Gasteiger partial charge in [-0.15, -0.1) is 0 Å². The summed E-state index contributed by atoms with van der Waals surface area (Å²) < 4.78 is 26.6. The Hall–Kier alpha value is -2.20. The van der Waals surface area contributed by atoms with Gasteiger partial charge in [-0.05, 0) is 30.5 Å². The summed E-state index contributed by atoms with van der Waals surface area (Å²) in [5.41, 5.74) is 1.05. The van der Waals surface area contributed by atoms with Crippen molar-refractivity contribution in [3.8, 4) is 0 Å². The van der Waals surface area contributed by atoms with E-state index in [2.05, 4.69) is 0 Å². The summed E-state index contributed by atoms with van der Waals surface area (Å²) in [6, 6.07) is 16.8. The van der Waals surface area contributed by atoms with Gasteiger partial charge in [-0.3, -0.25) is 0 Å². The number of nitrogens with zero attached hydrogens (tertiary/aromatic N) is 1. The molecule has 0 bridgehead atoms. The second-order valence-corrected chi connectivity index (χ2v) is 7.10. The standard InChI is InChI=1S/C17H16NO2S/c1-14-6-8-17(9-7-14)21(19,20)13-18-11-10-15-4-2-3-5-16(15)12-18/h2-12H,13H2,1H3/q+1. The number of aryl methyl sites for hydroxylation is 1. The zero-order valence-corrected chi connectivity index (χ0v) is 12.5. The predicted octanol–water partition coefficient (Wildman–Crippen LogP) is 2.87. The van der Waals surface area contributed by atoms with Crippen LogP contribution < -0.4 is 4.57 Å². The van der Waals surface area contributed by atoms with Crippen molar-refractivity contribution in [1.82, 2.24) is 0 Å². The lowest BCUT2D eigenvalue weighted by Gasteiger charge is -2.03. The van der Waals surface area contributed by atoms with Gasteiger partial charge in [0.1, 0.15) is 0 Å². The predicted molar refractivity (Wildman–Crippen MR) is 82.5 cm³/mol. The third kappa shape index (κ3) is 2.95. The van der Waals surface area contributed by atoms with E-state index >= 15 is 0 Å². The molecule has 0 atom stereocenters. The molecule has 0 N–H and O–H groups in total. The Balaban J connectivity index is 1.95. The van der Waals surface area contributed by atoms with Gasteiger partial charge < -0.3 is 0 Å². The minimum Gasteiger partial charge on any atom is -0.217 e. The van der Waals surface area contributed by atoms with E-state index < -0.39 is 9.84 Å². The Labute approximate surface area is 124 Å². The molecule has 3 aromatic rings. The van der Waals surface area contributed by atoms with Crippen molar-refractivity contribution in [3.63, 3.8) is 0 Å². The fourth-order valence-corrected chi connectivity index (χ4v) is 3.53. The van der Waals surface area contributed by atoms with Gasteiger partial charge in [0.05, 0.1) is 4.90 Å². The summed E-state index contributed by atoms with van der Waals surface area (Å²) in [5.74, 6) is -0.0547. The highest BCUT2D eigenvalue weighted by molar-refractivity contribution is 7.90. The van der Waals surface area contributed by atoms with Crippen molar-refractivity contribution in [3.05, 3.63) is 72.6 Å². The summed E-state index contributed by atoms with van der Waals surface area (Å²) >= 11 is 0. The summed E-state index contributed by atoms with van der Waals surface area (Å²) in [6.07, 6.45) is 3.66. The number of hydrogen-bond acceptors (Lipinski definition) is 2. The zero-order valence-electron chi connectivity index (χ0n) is 11.7. The maximum absolute atomic E-state index is 12.4. The van der Waals surface area contributed by atoms with Crippen molar-refractivity contribution in [2.75, 3.05) is 0 Å². The highest BCUT2D eigenvalue weighted by atomic mass is 32.2. The third-order valence-corrected chi connectivity index (χ3v) is 5.07. The van der Waals surface area contributed by atoms with E-state index in [9.17, 15) is 8.42 Å². The number of hydrogen-bond donors (Lipinski definition) is 0. The summed E-state index contributed by atoms with van der Waals surface area (Å²) in [4.78, 5) is 0.355. The zero-order chi connectivity index (χ0) is 14.9. The van der Waals surface area contributed by atoms with Crippen molar-refractivity contribution in [1.29, 1.82) is 0 Å². The Bertz CT molecular complexity index is 884. The normalized spacial score (nSPS) is 11.7. The fourth-order valence-electron chi connectivity index (χ4n) is 2.27. The van der Waals surface area contributed by atoms with Gasteiger partial charge in [0, 0.05) is 11.5 Å². The molecule has 2 aromatic carbocycles. The second kappa shape index (κ2) is 5.30. The summed E-state index contributed by atoms with van der Waals surface area (Å²) in [7, 11) is -3.34. The van der Waals surface area contributed by atoms with E-state index in [4.69, 9.17) is 0 Å². The van der Waals surface area contributed by atoms with Crippen LogP contribution in [0.4, 0.5) is 0 Å². The van der Waals surface area contributed by atoms with Gasteiger partial charge in [0.2, 0.25) is 9.84 Å². The lowest BCUT2D eigenvalue weighted by Crippen LogP contribution is -2.37. The number of pyridine rings is 1. The first-order valence-corrected chi connectivity index (χ1v) is 8.37. The van der Waals surface area contributed by atoms with Gasteiger partial charge in [0.15, 0.2) is 12.4 Å². The smallest absolute Gasteiger partial charge is 0.217 e. The first kappa shape index (κ1) is 13.8. The molecule has 0 amide bonds. The van der Waals surface area contributed by atoms with Gasteiger partial charge in [-0.2, -0.15) is 4.57 Å². The van der Waals surface area contributed by atoms with E-state index in [1.54, 1.807) is 22.9 Å². The molecule has 3 nitrogen and oxygen atoms in total. The molecule has 0 unspecified atom stereocenters. The summed E-state index contributed by atoms with van der Waals surface area (Å²) in [6.45, 7) is 1.94. The van der Waals surface area contributed by atoms with Crippen LogP contribution in [0.15, 0.2) is 71.9 Å². The molecule has 0 aliphatic heterocycles. The van der Waals surface area contributed by atoms with E-state index in [1.807, 2.05) is 55.6 Å². The first-order valence-electron chi connectivity index (χ1n) is 6.72. The van der Waals surface area contributed by atoms with Gasteiger partial charge in [-0.25, -0.2) is 8.42 Å². The molecule has 0 saturated heterocycles. The van der Waals surface area contributed by atoms with E-state index in [0.29, 0.717) is 4.90 Å². The molecule has 0 aliphatic rings. The molecule has 3 rings (SSSR count). The molecule has 21 heavy (non-hydrogen) atoms. The van der Waals surface area contributed by atoms with E-state index in [1.165, 1.54) is 0 Å². The Morgan fingerprint density at radius 1 is 0.905 bits per heavy atom. The second-order valence-electron chi connectivity index (χ2n) is 5.14. The first-order chi connectivity index (χ1) is 10.0. The molecule has 4 heteroatoms. The topological polar surface area (TPSA) is 38.0 Å². The Morgan fingerprint density at radius 3 is 2.29 bits per heavy atom. The highest BCUT2D eigenvalue weighted by Gasteiger charge is 2.20. The van der Waals surface area contributed by atoms with E-state index in [-0.39, 0.29) is 5.88 Å². The lowest BCUT2D eigenvalue weighted by atomic mass is 10.2. The maximum atomic E-state index is 12.4. The van der Waals surface area contributed by atoms with Crippen LogP contribution in [0.3, 0.4) is 0 Å². The van der Waals surface area contributed by atoms with Crippen molar-refractivity contribution in [2.24, 2.45) is 0 Å². The van der Waals surface area contributed by atoms with Crippen molar-refractivity contribution in [2.45, 2.75) is 17.7 Å². The number of aromatic nitrogens is 1. The molecule has 0 aliphatic carbocycles. The van der Waals surface area contributed by atoms with Gasteiger partial charge >= 0.3 is 0 Å². The molecular formula is C17H16NO2S+. The maximum Gasteiger partial charge on any atom is 0.252 e. The number of sulfone groups is 1. The molecule has 106 valence electrons. The number of benzene rings is 2. The molecular weight excluding hydrogens is 282 g/mol. The van der Waals surface area contributed by atoms with Crippen LogP contribution in [0.5, 0.6) is 0 Å². The SMILES string of the molecule is Cc1ccc(S(=O)(=O)C[n+]2ccc3ccccc3c2)cc1. The average Bonchev–Trinajstić information content (AvgIpc) is 2.47. The average molecular weight is 298 g/mol. The number of fused-ring (bicyclic) bond motifs is 1. The molecule has 0 saturated carbocycles. The fraction of sp³-hybridized carbons (Fsp3) is 0.118. The van der Waals surface area contributed by atoms with Crippen LogP contribution in [-0.2, 0) is 15.7 Å². The van der Waals surface area contributed by atoms with Gasteiger partial charge in [-0.1, -0.05) is 35.9 Å². The minimum absolute atomic E-state index is 0.0547. The lowest BCUT2D eigenvalue weighted by molar-refractivity contribution is -0.676. The molecule has 0 radical (unpaired) electrons. The highest BCUT2D eigenvalue weighted by Crippen LogP contribution is 2.13. The quantitative estimate of drug-likeness (QED) is 0.697. The minimum atomic E-state index is -3.34. The van der Waals surface area contributed by atoms with Crippen LogP contribution in [0.2, 0.25) is 0 Å². The van der Waals surface area contributed by atoms with E-state index in [0.717, 1.165) is 16.3 Å². The molecule has 0 spiro atoms. The number of rotatable bonds is 3. The van der Waals surface area contributed by atoms with Crippen LogP contribution in [0, 0.1) is 6.92 Å².